The number of amides is 1. The van der Waals surface area contributed by atoms with E-state index in [1.165, 1.54) is 32.8 Å². The Hall–Kier alpha value is -3.18. The average Bonchev–Trinajstić information content (AvgIpc) is 3.61. The van der Waals surface area contributed by atoms with Crippen molar-refractivity contribution in [2.45, 2.75) is 17.4 Å². The summed E-state index contributed by atoms with van der Waals surface area (Å²) in [5.41, 5.74) is 1.11. The summed E-state index contributed by atoms with van der Waals surface area (Å²) < 4.78 is 59.0. The average molecular weight is 697 g/mol. The van der Waals surface area contributed by atoms with Crippen LogP contribution in [0, 0.1) is 0 Å². The number of anilines is 1. The van der Waals surface area contributed by atoms with Gasteiger partial charge in [0.15, 0.2) is 9.84 Å². The first kappa shape index (κ1) is 34.7. The van der Waals surface area contributed by atoms with Gasteiger partial charge in [-0.05, 0) is 42.8 Å². The minimum atomic E-state index is -3.96. The summed E-state index contributed by atoms with van der Waals surface area (Å²) in [5.74, 6) is 0.0160. The zero-order valence-corrected chi connectivity index (χ0v) is 27.6. The van der Waals surface area contributed by atoms with Crippen molar-refractivity contribution >= 4 is 67.1 Å². The van der Waals surface area contributed by atoms with E-state index in [0.717, 1.165) is 11.7 Å². The predicted octanol–water partition coefficient (Wildman–Crippen LogP) is 3.31. The van der Waals surface area contributed by atoms with Crippen molar-refractivity contribution in [1.82, 2.24) is 14.2 Å². The second-order valence-corrected chi connectivity index (χ2v) is 15.6. The van der Waals surface area contributed by atoms with Gasteiger partial charge in [0.25, 0.3) is 6.47 Å². The first-order chi connectivity index (χ1) is 21.4. The zero-order chi connectivity index (χ0) is 32.6. The number of pyridine rings is 1. The zero-order valence-electron chi connectivity index (χ0n) is 24.4. The number of hydrogen-bond acceptors (Lipinski definition) is 10. The molecule has 2 saturated heterocycles. The van der Waals surface area contributed by atoms with Crippen LogP contribution in [0.25, 0.3) is 17.2 Å². The predicted molar refractivity (Wildman–Crippen MR) is 173 cm³/mol. The highest BCUT2D eigenvalue weighted by Crippen LogP contribution is 2.30. The van der Waals surface area contributed by atoms with Gasteiger partial charge in [-0.1, -0.05) is 29.8 Å². The largest absolute Gasteiger partial charge is 0.483 e. The van der Waals surface area contributed by atoms with E-state index in [-0.39, 0.29) is 23.8 Å². The van der Waals surface area contributed by atoms with Crippen LogP contribution >= 0.6 is 22.9 Å². The third-order valence-corrected chi connectivity index (χ3v) is 11.1. The molecular weight excluding hydrogens is 664 g/mol. The Morgan fingerprint density at radius 3 is 2.42 bits per heavy atom. The number of sulfone groups is 1. The molecule has 1 atom stereocenters. The van der Waals surface area contributed by atoms with Crippen LogP contribution in [0.3, 0.4) is 0 Å². The Bertz CT molecular complexity index is 1720. The van der Waals surface area contributed by atoms with E-state index in [9.17, 15) is 21.6 Å². The molecule has 0 aliphatic carbocycles. The first-order valence-corrected chi connectivity index (χ1v) is 18.4. The third-order valence-electron chi connectivity index (χ3n) is 7.21. The van der Waals surface area contributed by atoms with Crippen LogP contribution in [0.4, 0.5) is 5.82 Å². The number of sulfonamides is 1. The lowest BCUT2D eigenvalue weighted by molar-refractivity contribution is -0.123. The van der Waals surface area contributed by atoms with Crippen LogP contribution in [-0.2, 0) is 34.2 Å². The van der Waals surface area contributed by atoms with Crippen molar-refractivity contribution in [3.8, 4) is 11.1 Å². The smallest absolute Gasteiger partial charge is 0.290 e. The third kappa shape index (κ3) is 8.97. The second kappa shape index (κ2) is 15.4. The minimum absolute atomic E-state index is 0.150. The van der Waals surface area contributed by atoms with Gasteiger partial charge in [-0.2, -0.15) is 4.31 Å². The van der Waals surface area contributed by atoms with E-state index in [4.69, 9.17) is 26.2 Å². The summed E-state index contributed by atoms with van der Waals surface area (Å²) >= 11 is 7.27. The molecule has 0 bridgehead atoms. The van der Waals surface area contributed by atoms with Gasteiger partial charge < -0.3 is 9.84 Å². The van der Waals surface area contributed by atoms with E-state index >= 15 is 0 Å². The number of rotatable bonds is 10. The van der Waals surface area contributed by atoms with Crippen LogP contribution in [-0.4, -0.2) is 107 Å². The summed E-state index contributed by atoms with van der Waals surface area (Å²) in [6.07, 6.45) is 4.49. The van der Waals surface area contributed by atoms with Crippen molar-refractivity contribution < 1.29 is 36.3 Å². The van der Waals surface area contributed by atoms with Crippen LogP contribution in [0.2, 0.25) is 4.34 Å². The number of hydrogen-bond donors (Lipinski definition) is 1. The maximum absolute atomic E-state index is 13.7. The van der Waals surface area contributed by atoms with Gasteiger partial charge in [0.1, 0.15) is 11.9 Å². The lowest BCUT2D eigenvalue weighted by Gasteiger charge is -2.31. The molecule has 1 aromatic carbocycles. The molecular formula is C29H33ClN4O8S3. The molecule has 2 aliphatic rings. The maximum atomic E-state index is 13.7. The molecule has 2 fully saturated rings. The highest BCUT2D eigenvalue weighted by atomic mass is 35.5. The molecule has 242 valence electrons. The van der Waals surface area contributed by atoms with Gasteiger partial charge in [-0.3, -0.25) is 19.4 Å². The Balaban J connectivity index is 0.00000148. The van der Waals surface area contributed by atoms with Crippen molar-refractivity contribution in [1.29, 1.82) is 0 Å². The number of morpholine rings is 1. The van der Waals surface area contributed by atoms with Gasteiger partial charge in [-0.15, -0.1) is 11.3 Å². The van der Waals surface area contributed by atoms with Gasteiger partial charge >= 0.3 is 0 Å². The number of carbonyl (C=O) groups excluding carboxylic acids is 1. The summed E-state index contributed by atoms with van der Waals surface area (Å²) in [5, 5.41) is 8.02. The van der Waals surface area contributed by atoms with Crippen LogP contribution in [0.1, 0.15) is 11.3 Å². The van der Waals surface area contributed by atoms with E-state index in [1.807, 2.05) is 0 Å². The Labute approximate surface area is 271 Å². The summed E-state index contributed by atoms with van der Waals surface area (Å²) in [6, 6.07) is 12.6. The highest BCUT2D eigenvalue weighted by Gasteiger charge is 2.41. The van der Waals surface area contributed by atoms with Gasteiger partial charge in [-0.25, -0.2) is 21.8 Å². The number of carboxylic acid groups (broad SMARTS) is 1. The minimum Gasteiger partial charge on any atom is -0.483 e. The fourth-order valence-corrected chi connectivity index (χ4v) is 8.39. The number of nitrogens with zero attached hydrogens (tertiary/aromatic N) is 4. The summed E-state index contributed by atoms with van der Waals surface area (Å²) in [6.45, 7) is 3.22. The monoisotopic (exact) mass is 696 g/mol. The molecule has 2 aliphatic heterocycles. The first-order valence-electron chi connectivity index (χ1n) is 13.8. The lowest BCUT2D eigenvalue weighted by Crippen LogP contribution is -2.49. The molecule has 0 radical (unpaired) electrons. The van der Waals surface area contributed by atoms with E-state index in [0.29, 0.717) is 72.0 Å². The molecule has 16 heteroatoms. The topological polar surface area (TPSA) is 154 Å². The number of halogens is 1. The molecule has 4 heterocycles. The van der Waals surface area contributed by atoms with Crippen LogP contribution in [0.5, 0.6) is 0 Å². The molecule has 45 heavy (non-hydrogen) atoms. The quantitative estimate of drug-likeness (QED) is 0.312. The van der Waals surface area contributed by atoms with Crippen LogP contribution in [0.15, 0.2) is 65.0 Å². The van der Waals surface area contributed by atoms with Crippen LogP contribution < -0.4 is 4.90 Å². The van der Waals surface area contributed by atoms with Gasteiger partial charge in [0.05, 0.1) is 22.4 Å². The number of carbonyl (C=O) groups is 2. The van der Waals surface area contributed by atoms with Crippen molar-refractivity contribution in [2.24, 2.45) is 0 Å². The summed E-state index contributed by atoms with van der Waals surface area (Å²) in [7, 11) is -7.42. The fraction of sp³-hybridized carbons (Fsp3) is 0.345. The van der Waals surface area contributed by atoms with Crippen molar-refractivity contribution in [3.63, 3.8) is 0 Å². The molecule has 0 unspecified atom stereocenters. The van der Waals surface area contributed by atoms with Gasteiger partial charge in [0.2, 0.25) is 15.9 Å². The number of ether oxygens (including phenoxy) is 1. The van der Waals surface area contributed by atoms with Gasteiger partial charge in [0, 0.05) is 66.6 Å². The second-order valence-electron chi connectivity index (χ2n) is 10.1. The molecule has 5 rings (SSSR count). The Morgan fingerprint density at radius 1 is 1.09 bits per heavy atom. The normalized spacial score (nSPS) is 17.9. The standard InChI is InChI=1S/C28H31ClN4O6S3.CH2O2/c1-41(35,36)25-5-3-2-4-23(25)21-6-9-27(30-20-21)32-12-10-24(28(32)34)33(14-13-31-15-17-39-18-16-31)42(37,38)19-11-22-7-8-26(29)40-22;2-1-3/h2-9,11,19-20,24H,10,12-18H2,1H3;1H,(H,2,3)/t24-;/m0./s1. The molecule has 3 aromatic rings. The number of benzene rings is 1. The SMILES string of the molecule is CS(=O)(=O)c1ccccc1-c1ccc(N2CC[C@H](N(CCN3CCOCC3)S(=O)(=O)C=Cc3ccc(Cl)s3)C2=O)nc1.O=CO. The number of thiophene rings is 1. The molecule has 1 amide bonds. The number of aromatic nitrogens is 1. The molecule has 1 N–H and O–H groups in total. The fourth-order valence-electron chi connectivity index (χ4n) is 5.07. The maximum Gasteiger partial charge on any atom is 0.290 e. The lowest BCUT2D eigenvalue weighted by atomic mass is 10.1. The van der Waals surface area contributed by atoms with E-state index < -0.39 is 25.9 Å². The molecule has 0 spiro atoms. The Morgan fingerprint density at radius 2 is 1.80 bits per heavy atom. The van der Waals surface area contributed by atoms with E-state index in [2.05, 4.69) is 9.88 Å². The van der Waals surface area contributed by atoms with Crippen molar-refractivity contribution in [3.05, 3.63) is 69.3 Å². The Kier molecular flexibility index (Phi) is 11.9. The molecule has 0 saturated carbocycles. The van der Waals surface area contributed by atoms with Crippen molar-refractivity contribution in [2.75, 3.05) is 57.1 Å². The molecule has 2 aromatic heterocycles. The van der Waals surface area contributed by atoms with E-state index in [1.54, 1.807) is 48.5 Å². The molecule has 12 nitrogen and oxygen atoms in total. The highest BCUT2D eigenvalue weighted by molar-refractivity contribution is 7.92. The summed E-state index contributed by atoms with van der Waals surface area (Å²) in [4.78, 5) is 31.0.